The zero-order valence-corrected chi connectivity index (χ0v) is 18.8. The van der Waals surface area contributed by atoms with Gasteiger partial charge in [-0.25, -0.2) is 4.39 Å². The first-order valence-corrected chi connectivity index (χ1v) is 10.5. The number of methoxy groups -OCH3 is 1. The number of nitrogens with zero attached hydrogens (tertiary/aromatic N) is 2. The van der Waals surface area contributed by atoms with E-state index in [1.54, 1.807) is 30.3 Å². The molecular weight excluding hydrogens is 519 g/mol. The van der Waals surface area contributed by atoms with Crippen molar-refractivity contribution in [1.29, 1.82) is 5.26 Å². The maximum atomic E-state index is 13.6. The first-order valence-electron chi connectivity index (χ1n) is 8.63. The third-order valence-corrected chi connectivity index (χ3v) is 5.10. The number of hydrogen-bond donors (Lipinski definition) is 2. The summed E-state index contributed by atoms with van der Waals surface area (Å²) in [5.74, 6) is -0.295. The Morgan fingerprint density at radius 1 is 1.37 bits per heavy atom. The lowest BCUT2D eigenvalue weighted by Crippen LogP contribution is -2.09. The number of pyridine rings is 1. The van der Waals surface area contributed by atoms with Gasteiger partial charge in [-0.2, -0.15) is 5.26 Å². The fraction of sp³-hybridized carbons (Fsp3) is 0.0952. The Labute approximate surface area is 189 Å². The van der Waals surface area contributed by atoms with Crippen molar-refractivity contribution >= 4 is 65.7 Å². The van der Waals surface area contributed by atoms with Gasteiger partial charge in [0.15, 0.2) is 0 Å². The number of anilines is 3. The van der Waals surface area contributed by atoms with E-state index in [4.69, 9.17) is 4.74 Å². The Hall–Kier alpha value is -2.96. The van der Waals surface area contributed by atoms with Crippen LogP contribution in [0.1, 0.15) is 5.56 Å². The molecular formula is C21H15Br2FN4O2. The summed E-state index contributed by atoms with van der Waals surface area (Å²) in [6.07, 6.45) is 4.51. The third-order valence-electron chi connectivity index (χ3n) is 4.11. The lowest BCUT2D eigenvalue weighted by atomic mass is 10.1. The van der Waals surface area contributed by atoms with Crippen LogP contribution in [0.5, 0.6) is 5.75 Å². The Balaban J connectivity index is 2.13. The van der Waals surface area contributed by atoms with E-state index in [0.717, 1.165) is 0 Å². The van der Waals surface area contributed by atoms with Gasteiger partial charge in [0.2, 0.25) is 5.91 Å². The highest BCUT2D eigenvalue weighted by Crippen LogP contribution is 2.36. The van der Waals surface area contributed by atoms with Gasteiger partial charge in [0.05, 0.1) is 34.0 Å². The van der Waals surface area contributed by atoms with Gasteiger partial charge in [-0.15, -0.1) is 0 Å². The van der Waals surface area contributed by atoms with E-state index >= 15 is 0 Å². The molecule has 0 aliphatic carbocycles. The van der Waals surface area contributed by atoms with Crippen molar-refractivity contribution in [2.45, 2.75) is 0 Å². The van der Waals surface area contributed by atoms with Gasteiger partial charge in [0.25, 0.3) is 0 Å². The van der Waals surface area contributed by atoms with Crippen LogP contribution in [0.4, 0.5) is 21.5 Å². The van der Waals surface area contributed by atoms with Crippen LogP contribution in [0, 0.1) is 17.1 Å². The highest BCUT2D eigenvalue weighted by atomic mass is 79.9. The minimum Gasteiger partial charge on any atom is -0.494 e. The van der Waals surface area contributed by atoms with Crippen molar-refractivity contribution in [3.63, 3.8) is 0 Å². The Bertz CT molecular complexity index is 1190. The number of carbonyl (C=O) groups is 1. The van der Waals surface area contributed by atoms with Gasteiger partial charge >= 0.3 is 0 Å². The summed E-state index contributed by atoms with van der Waals surface area (Å²) in [7, 11) is 1.49. The first-order chi connectivity index (χ1) is 14.5. The quantitative estimate of drug-likeness (QED) is 0.316. The van der Waals surface area contributed by atoms with Crippen LogP contribution in [0.25, 0.3) is 10.9 Å². The molecule has 1 aromatic heterocycles. The number of fused-ring (bicyclic) bond motifs is 1. The minimum atomic E-state index is -0.396. The minimum absolute atomic E-state index is 0.289. The number of rotatable bonds is 6. The van der Waals surface area contributed by atoms with Gasteiger partial charge in [-0.1, -0.05) is 22.0 Å². The van der Waals surface area contributed by atoms with E-state index < -0.39 is 5.82 Å². The maximum absolute atomic E-state index is 13.6. The number of benzene rings is 2. The van der Waals surface area contributed by atoms with E-state index in [-0.39, 0.29) is 10.4 Å². The molecule has 0 spiro atoms. The maximum Gasteiger partial charge on any atom is 0.248 e. The number of carbonyl (C=O) groups excluding carboxylic acids is 1. The largest absolute Gasteiger partial charge is 0.494 e. The molecule has 0 unspecified atom stereocenters. The second kappa shape index (κ2) is 9.69. The summed E-state index contributed by atoms with van der Waals surface area (Å²) >= 11 is 6.38. The van der Waals surface area contributed by atoms with Crippen LogP contribution in [0.15, 0.2) is 53.2 Å². The number of hydrogen-bond acceptors (Lipinski definition) is 5. The van der Waals surface area contributed by atoms with E-state index in [1.807, 2.05) is 0 Å². The summed E-state index contributed by atoms with van der Waals surface area (Å²) in [6.45, 7) is 0. The van der Waals surface area contributed by atoms with Gasteiger partial charge in [0.1, 0.15) is 17.6 Å². The topological polar surface area (TPSA) is 87.0 Å². The molecule has 1 heterocycles. The van der Waals surface area contributed by atoms with Crippen molar-refractivity contribution in [1.82, 2.24) is 4.98 Å². The van der Waals surface area contributed by atoms with Crippen molar-refractivity contribution in [2.75, 3.05) is 23.1 Å². The number of nitrogens with one attached hydrogen (secondary N) is 2. The van der Waals surface area contributed by atoms with Gasteiger partial charge in [-0.05, 0) is 40.2 Å². The third kappa shape index (κ3) is 4.78. The van der Waals surface area contributed by atoms with Gasteiger partial charge in [0, 0.05) is 34.7 Å². The first kappa shape index (κ1) is 21.7. The van der Waals surface area contributed by atoms with E-state index in [0.29, 0.717) is 44.6 Å². The highest BCUT2D eigenvalue weighted by molar-refractivity contribution is 9.10. The number of aromatic nitrogens is 1. The molecule has 0 saturated heterocycles. The SMILES string of the molecule is COc1cc2ncc(C#N)c(Nc3ccc(F)c(Br)c3)c2cc1NC(=O)C=CCBr. The summed E-state index contributed by atoms with van der Waals surface area (Å²) in [5.41, 5.74) is 2.34. The Morgan fingerprint density at radius 2 is 2.17 bits per heavy atom. The molecule has 3 rings (SSSR count). The van der Waals surface area contributed by atoms with Crippen LogP contribution >= 0.6 is 31.9 Å². The number of allylic oxidation sites excluding steroid dienone is 1. The zero-order chi connectivity index (χ0) is 21.7. The molecule has 0 bridgehead atoms. The lowest BCUT2D eigenvalue weighted by molar-refractivity contribution is -0.111. The number of amides is 1. The molecule has 152 valence electrons. The summed E-state index contributed by atoms with van der Waals surface area (Å²) in [6, 6.07) is 9.90. The highest BCUT2D eigenvalue weighted by Gasteiger charge is 2.15. The number of halogens is 3. The smallest absolute Gasteiger partial charge is 0.248 e. The zero-order valence-electron chi connectivity index (χ0n) is 15.7. The summed E-state index contributed by atoms with van der Waals surface area (Å²) in [4.78, 5) is 16.5. The number of ether oxygens (including phenoxy) is 1. The van der Waals surface area contributed by atoms with E-state index in [2.05, 4.69) is 53.5 Å². The van der Waals surface area contributed by atoms with Crippen molar-refractivity contribution in [3.8, 4) is 11.8 Å². The van der Waals surface area contributed by atoms with Crippen LogP contribution in [0.3, 0.4) is 0 Å². The predicted molar refractivity (Wildman–Crippen MR) is 122 cm³/mol. The van der Waals surface area contributed by atoms with Gasteiger partial charge in [-0.3, -0.25) is 9.78 Å². The molecule has 0 saturated carbocycles. The number of alkyl halides is 1. The summed E-state index contributed by atoms with van der Waals surface area (Å²) < 4.78 is 19.3. The fourth-order valence-corrected chi connectivity index (χ4v) is 3.32. The molecule has 2 aromatic carbocycles. The molecule has 9 heteroatoms. The second-order valence-electron chi connectivity index (χ2n) is 6.03. The Kier molecular flexibility index (Phi) is 7.03. The molecule has 2 N–H and O–H groups in total. The lowest BCUT2D eigenvalue weighted by Gasteiger charge is -2.15. The summed E-state index contributed by atoms with van der Waals surface area (Å²) in [5, 5.41) is 16.6. The average Bonchev–Trinajstić information content (AvgIpc) is 2.74. The Morgan fingerprint density at radius 3 is 2.83 bits per heavy atom. The predicted octanol–water partition coefficient (Wildman–Crippen LogP) is 5.65. The van der Waals surface area contributed by atoms with Crippen molar-refractivity contribution < 1.29 is 13.9 Å². The molecule has 0 radical (unpaired) electrons. The standard InChI is InChI=1S/C21H15Br2FN4O2/c1-30-19-9-17-14(8-18(19)28-20(29)3-2-6-22)21(12(10-25)11-26-17)27-13-4-5-16(24)15(23)7-13/h2-5,7-9,11H,6H2,1H3,(H,26,27)(H,28,29). The molecule has 0 fully saturated rings. The molecule has 0 aliphatic rings. The van der Waals surface area contributed by atoms with Gasteiger partial charge < -0.3 is 15.4 Å². The average molecular weight is 534 g/mol. The van der Waals surface area contributed by atoms with Crippen LogP contribution in [-0.2, 0) is 4.79 Å². The van der Waals surface area contributed by atoms with Crippen molar-refractivity contribution in [3.05, 3.63) is 64.5 Å². The molecule has 1 amide bonds. The second-order valence-corrected chi connectivity index (χ2v) is 7.53. The fourth-order valence-electron chi connectivity index (χ4n) is 2.75. The van der Waals surface area contributed by atoms with Crippen LogP contribution in [0.2, 0.25) is 0 Å². The van der Waals surface area contributed by atoms with Crippen molar-refractivity contribution in [2.24, 2.45) is 0 Å². The number of nitriles is 1. The van der Waals surface area contributed by atoms with E-state index in [1.165, 1.54) is 25.4 Å². The molecule has 30 heavy (non-hydrogen) atoms. The van der Waals surface area contributed by atoms with Crippen LogP contribution < -0.4 is 15.4 Å². The molecule has 3 aromatic rings. The van der Waals surface area contributed by atoms with E-state index in [9.17, 15) is 14.4 Å². The normalized spacial score (nSPS) is 10.8. The molecule has 6 nitrogen and oxygen atoms in total. The van der Waals surface area contributed by atoms with Crippen LogP contribution in [-0.4, -0.2) is 23.3 Å². The molecule has 0 atom stereocenters. The monoisotopic (exact) mass is 532 g/mol. The molecule has 0 aliphatic heterocycles.